The summed E-state index contributed by atoms with van der Waals surface area (Å²) in [6.07, 6.45) is -4.24. The first-order valence-electron chi connectivity index (χ1n) is 8.56. The van der Waals surface area contributed by atoms with Gasteiger partial charge in [-0.05, 0) is 5.90 Å². The van der Waals surface area contributed by atoms with Crippen molar-refractivity contribution in [3.8, 4) is 0 Å². The van der Waals surface area contributed by atoms with Gasteiger partial charge in [0.1, 0.15) is 30.2 Å². The summed E-state index contributed by atoms with van der Waals surface area (Å²) in [7, 11) is -4.85. The molecule has 0 bridgehead atoms. The van der Waals surface area contributed by atoms with Gasteiger partial charge in [-0.15, -0.1) is 0 Å². The molecule has 16 nitrogen and oxygen atoms in total. The number of fused-ring (bicyclic) bond motifs is 1. The molecule has 0 saturated carbocycles. The predicted octanol–water partition coefficient (Wildman–Crippen LogP) is -5.48. The maximum Gasteiger partial charge on any atom is 0.380 e. The van der Waals surface area contributed by atoms with Gasteiger partial charge in [-0.1, -0.05) is 0 Å². The second-order valence-corrected chi connectivity index (χ2v) is 7.73. The van der Waals surface area contributed by atoms with Gasteiger partial charge in [0.25, 0.3) is 0 Å². The molecule has 0 unspecified atom stereocenters. The molecule has 0 aliphatic carbocycles. The van der Waals surface area contributed by atoms with E-state index in [4.69, 9.17) is 16.2 Å². The molecule has 0 amide bonds. The van der Waals surface area contributed by atoms with Crippen LogP contribution in [0.5, 0.6) is 0 Å². The number of nitrogens with two attached hydrogens (primary N) is 2. The summed E-state index contributed by atoms with van der Waals surface area (Å²) in [6, 6.07) is -1.74. The molecule has 170 valence electrons. The van der Waals surface area contributed by atoms with Crippen molar-refractivity contribution in [2.45, 2.75) is 37.0 Å². The molecule has 5 atom stereocenters. The van der Waals surface area contributed by atoms with E-state index in [-0.39, 0.29) is 17.0 Å². The average Bonchev–Trinajstić information content (AvgIpc) is 3.22. The van der Waals surface area contributed by atoms with E-state index in [2.05, 4.69) is 23.5 Å². The Morgan fingerprint density at radius 2 is 2.03 bits per heavy atom. The summed E-state index contributed by atoms with van der Waals surface area (Å²) < 4.78 is 37.7. The van der Waals surface area contributed by atoms with Gasteiger partial charge < -0.3 is 41.4 Å². The number of carbonyl (C=O) groups excluding carboxylic acids is 1. The molecule has 1 fully saturated rings. The highest BCUT2D eigenvalue weighted by Gasteiger charge is 2.45. The van der Waals surface area contributed by atoms with Gasteiger partial charge in [0.15, 0.2) is 17.7 Å². The van der Waals surface area contributed by atoms with Gasteiger partial charge in [0.2, 0.25) is 0 Å². The first kappa shape index (κ1) is 22.7. The number of ether oxygens (including phenoxy) is 1. The first-order valence-corrected chi connectivity index (χ1v) is 9.93. The summed E-state index contributed by atoms with van der Waals surface area (Å²) in [5, 5.41) is 42.5. The Morgan fingerprint density at radius 3 is 2.71 bits per heavy atom. The number of nitrogen functional groups attached to an aromatic ring is 1. The summed E-state index contributed by atoms with van der Waals surface area (Å²) in [4.78, 5) is 22.2. The Labute approximate surface area is 174 Å². The summed E-state index contributed by atoms with van der Waals surface area (Å²) in [5.74, 6) is -3.06. The Bertz CT molecular complexity index is 1100. The third-order valence-corrected chi connectivity index (χ3v) is 5.12. The van der Waals surface area contributed by atoms with Gasteiger partial charge in [-0.2, -0.15) is 12.8 Å². The number of hydrogen-bond acceptors (Lipinski definition) is 14. The Balaban J connectivity index is 1.70. The van der Waals surface area contributed by atoms with Crippen molar-refractivity contribution in [3.05, 3.63) is 12.7 Å². The third-order valence-electron chi connectivity index (χ3n) is 4.29. The lowest BCUT2D eigenvalue weighted by atomic mass is 10.1. The van der Waals surface area contributed by atoms with E-state index in [0.717, 1.165) is 6.33 Å². The molecular formula is C14H17N7O9S-2. The van der Waals surface area contributed by atoms with Crippen LogP contribution in [0.4, 0.5) is 5.82 Å². The van der Waals surface area contributed by atoms with Crippen LogP contribution >= 0.6 is 0 Å². The summed E-state index contributed by atoms with van der Waals surface area (Å²) >= 11 is 0. The number of carboxylic acid groups (broad SMARTS) is 1. The van der Waals surface area contributed by atoms with E-state index in [1.54, 1.807) is 0 Å². The highest BCUT2D eigenvalue weighted by Crippen LogP contribution is 2.32. The zero-order valence-corrected chi connectivity index (χ0v) is 16.3. The van der Waals surface area contributed by atoms with Crippen molar-refractivity contribution >= 4 is 39.2 Å². The van der Waals surface area contributed by atoms with Gasteiger partial charge in [0, 0.05) is 18.4 Å². The second-order valence-electron chi connectivity index (χ2n) is 6.45. The standard InChI is InChI=1S/C14H19N7O9S/c15-5(1-7(22)23)13(26)20-31(27,28)29-2-6-9(24)10(25)14(30-6)21-4-19-8-11(16)17-3-18-12(8)21/h3-6,9-10,14,24-25H,1-2,15H2,(H,20,26)(H,22,23)(H2,16,17,18)/p-2/t5-,6+,9+,10+,14+/m0/s1. The zero-order valence-electron chi connectivity index (χ0n) is 15.5. The molecule has 0 aromatic carbocycles. The molecule has 1 aliphatic rings. The molecule has 1 aliphatic heterocycles. The number of nitrogens with zero attached hydrogens (tertiary/aromatic N) is 5. The first-order chi connectivity index (χ1) is 14.5. The number of anilines is 1. The highest BCUT2D eigenvalue weighted by molar-refractivity contribution is 7.85. The molecule has 0 radical (unpaired) electrons. The molecule has 3 heterocycles. The number of carbonyl (C=O) groups is 1. The molecule has 2 aromatic heterocycles. The Morgan fingerprint density at radius 1 is 1.32 bits per heavy atom. The lowest BCUT2D eigenvalue weighted by Gasteiger charge is -2.19. The van der Waals surface area contributed by atoms with Crippen LogP contribution in [0, 0.1) is 0 Å². The van der Waals surface area contributed by atoms with Gasteiger partial charge in [0.05, 0.1) is 12.9 Å². The van der Waals surface area contributed by atoms with Crippen molar-refractivity contribution in [2.75, 3.05) is 12.3 Å². The Kier molecular flexibility index (Phi) is 6.34. The van der Waals surface area contributed by atoms with E-state index in [1.807, 2.05) is 0 Å². The number of aromatic nitrogens is 4. The summed E-state index contributed by atoms with van der Waals surface area (Å²) in [6.45, 7) is -0.826. The van der Waals surface area contributed by atoms with E-state index in [9.17, 15) is 33.6 Å². The van der Waals surface area contributed by atoms with Crippen LogP contribution in [0.2, 0.25) is 0 Å². The minimum Gasteiger partial charge on any atom is -0.860 e. The van der Waals surface area contributed by atoms with Crippen LogP contribution in [0.3, 0.4) is 0 Å². The highest BCUT2D eigenvalue weighted by atomic mass is 32.2. The normalized spacial score (nSPS) is 25.7. The largest absolute Gasteiger partial charge is 0.860 e. The van der Waals surface area contributed by atoms with Gasteiger partial charge in [-0.25, -0.2) is 19.1 Å². The minimum absolute atomic E-state index is 0.0749. The average molecular weight is 459 g/mol. The molecule has 3 rings (SSSR count). The van der Waals surface area contributed by atoms with Crippen molar-refractivity contribution in [1.82, 2.24) is 19.5 Å². The fraction of sp³-hybridized carbons (Fsp3) is 0.500. The molecule has 6 N–H and O–H groups in total. The number of imidazole rings is 1. The number of hydrogen-bond donors (Lipinski definition) is 4. The van der Waals surface area contributed by atoms with Crippen LogP contribution in [0.25, 0.3) is 11.2 Å². The van der Waals surface area contributed by atoms with Crippen LogP contribution in [-0.4, -0.2) is 81.0 Å². The van der Waals surface area contributed by atoms with E-state index < -0.39 is 65.8 Å². The number of aliphatic carboxylic acids is 1. The van der Waals surface area contributed by atoms with Crippen LogP contribution in [0.1, 0.15) is 12.6 Å². The smallest absolute Gasteiger partial charge is 0.380 e. The van der Waals surface area contributed by atoms with Crippen molar-refractivity contribution in [2.24, 2.45) is 10.1 Å². The van der Waals surface area contributed by atoms with Crippen molar-refractivity contribution in [3.63, 3.8) is 0 Å². The van der Waals surface area contributed by atoms with Crippen LogP contribution in [0.15, 0.2) is 17.1 Å². The van der Waals surface area contributed by atoms with E-state index in [0.29, 0.717) is 0 Å². The number of aliphatic hydroxyl groups is 2. The second kappa shape index (κ2) is 8.65. The topological polar surface area (TPSA) is 264 Å². The molecule has 0 spiro atoms. The van der Waals surface area contributed by atoms with Crippen molar-refractivity contribution in [1.29, 1.82) is 0 Å². The van der Waals surface area contributed by atoms with Gasteiger partial charge in [-0.3, -0.25) is 4.57 Å². The van der Waals surface area contributed by atoms with Crippen molar-refractivity contribution < 1.29 is 42.6 Å². The maximum atomic E-state index is 11.8. The summed E-state index contributed by atoms with van der Waals surface area (Å²) in [5.41, 5.74) is 11.3. The molecule has 2 aromatic rings. The zero-order chi connectivity index (χ0) is 22.9. The number of carboxylic acids is 1. The third kappa shape index (κ3) is 4.86. The number of aliphatic hydroxyl groups excluding tert-OH is 2. The molecule has 17 heteroatoms. The lowest BCUT2D eigenvalue weighted by molar-refractivity contribution is -0.306. The van der Waals surface area contributed by atoms with E-state index >= 15 is 0 Å². The Hall–Kier alpha value is -2.96. The minimum atomic E-state index is -4.85. The fourth-order valence-electron chi connectivity index (χ4n) is 2.78. The van der Waals surface area contributed by atoms with E-state index in [1.165, 1.54) is 10.9 Å². The van der Waals surface area contributed by atoms with Crippen LogP contribution in [-0.2, 0) is 24.0 Å². The van der Waals surface area contributed by atoms with Gasteiger partial charge >= 0.3 is 10.3 Å². The van der Waals surface area contributed by atoms with Crippen LogP contribution < -0.4 is 21.7 Å². The molecule has 31 heavy (non-hydrogen) atoms. The quantitative estimate of drug-likeness (QED) is 0.212. The predicted molar refractivity (Wildman–Crippen MR) is 95.6 cm³/mol. The lowest BCUT2D eigenvalue weighted by Crippen LogP contribution is -2.44. The fourth-order valence-corrected chi connectivity index (χ4v) is 3.49. The molecule has 1 saturated heterocycles. The maximum absolute atomic E-state index is 11.8. The molecular weight excluding hydrogens is 442 g/mol. The number of rotatable bonds is 8. The SMILES string of the molecule is Nc1ncnc2c1ncn2[C@@H]1O[C@H](COS(=O)(=O)/N=C(\[O-])[C@@H](N)CC(=O)[O-])[C@@H](O)[C@H]1O. The monoisotopic (exact) mass is 459 g/mol.